The number of hydrogen-bond acceptors (Lipinski definition) is 3. The largest absolute Gasteiger partial charge is 0.490 e. The molecule has 1 aliphatic heterocycles. The van der Waals surface area contributed by atoms with Gasteiger partial charge in [-0.1, -0.05) is 0 Å². The zero-order chi connectivity index (χ0) is 10.1. The summed E-state index contributed by atoms with van der Waals surface area (Å²) in [5.74, 6) is -0.315. The lowest BCUT2D eigenvalue weighted by Gasteiger charge is -2.18. The molecular weight excluding hydrogens is 187 g/mol. The number of benzene rings is 1. The molecule has 0 spiro atoms. The van der Waals surface area contributed by atoms with Crippen molar-refractivity contribution in [3.63, 3.8) is 0 Å². The van der Waals surface area contributed by atoms with Crippen LogP contribution in [0.15, 0.2) is 12.1 Å². The maximum atomic E-state index is 13.2. The van der Waals surface area contributed by atoms with Gasteiger partial charge in [-0.3, -0.25) is 4.79 Å². The maximum Gasteiger partial charge on any atom is 0.197 e. The summed E-state index contributed by atoms with van der Waals surface area (Å²) in [6.45, 7) is 0.283. The fraction of sp³-hybridized carbons (Fsp3) is 0.300. The third-order valence-corrected chi connectivity index (χ3v) is 2.14. The number of hydrogen-bond donors (Lipinski definition) is 0. The predicted octanol–water partition coefficient (Wildman–Crippen LogP) is 1.80. The third kappa shape index (κ3) is 1.23. The van der Waals surface area contributed by atoms with Crippen molar-refractivity contribution in [2.45, 2.75) is 6.42 Å². The molecule has 0 bridgehead atoms. The molecule has 74 valence electrons. The van der Waals surface area contributed by atoms with E-state index in [1.807, 2.05) is 0 Å². The molecule has 0 aromatic heterocycles. The van der Waals surface area contributed by atoms with Gasteiger partial charge in [-0.05, 0) is 12.1 Å². The number of rotatable bonds is 1. The first kappa shape index (κ1) is 8.99. The van der Waals surface area contributed by atoms with Crippen molar-refractivity contribution < 1.29 is 18.7 Å². The highest BCUT2D eigenvalue weighted by Gasteiger charge is 2.24. The molecule has 14 heavy (non-hydrogen) atoms. The van der Waals surface area contributed by atoms with Crippen molar-refractivity contribution >= 4 is 5.78 Å². The van der Waals surface area contributed by atoms with E-state index < -0.39 is 5.82 Å². The first-order valence-electron chi connectivity index (χ1n) is 4.26. The second-order valence-electron chi connectivity index (χ2n) is 2.98. The molecule has 0 unspecified atom stereocenters. The molecule has 0 saturated carbocycles. The molecule has 1 heterocycles. The minimum Gasteiger partial charge on any atom is -0.490 e. The quantitative estimate of drug-likeness (QED) is 0.687. The van der Waals surface area contributed by atoms with Gasteiger partial charge in [0, 0.05) is 6.42 Å². The normalized spacial score (nSPS) is 14.6. The first-order valence-corrected chi connectivity index (χ1v) is 4.26. The molecule has 0 amide bonds. The van der Waals surface area contributed by atoms with Crippen LogP contribution in [-0.2, 0) is 0 Å². The van der Waals surface area contributed by atoms with Gasteiger partial charge in [0.05, 0.1) is 19.3 Å². The van der Waals surface area contributed by atoms with E-state index >= 15 is 0 Å². The van der Waals surface area contributed by atoms with E-state index in [9.17, 15) is 9.18 Å². The second-order valence-corrected chi connectivity index (χ2v) is 2.98. The lowest BCUT2D eigenvalue weighted by Crippen LogP contribution is -2.16. The summed E-state index contributed by atoms with van der Waals surface area (Å²) < 4.78 is 23.2. The fourth-order valence-electron chi connectivity index (χ4n) is 1.47. The molecule has 2 rings (SSSR count). The number of carbonyl (C=O) groups excluding carboxylic acids is 1. The van der Waals surface area contributed by atoms with E-state index in [-0.39, 0.29) is 23.9 Å². The van der Waals surface area contributed by atoms with Gasteiger partial charge in [0.15, 0.2) is 23.1 Å². The number of fused-ring (bicyclic) bond motifs is 1. The summed E-state index contributed by atoms with van der Waals surface area (Å²) in [5.41, 5.74) is 0.398. The number of Topliss-reactive ketones (excluding diaryl/α,β-unsaturated/α-hetero) is 1. The van der Waals surface area contributed by atoms with Crippen LogP contribution in [0.25, 0.3) is 0 Å². The minimum absolute atomic E-state index is 0.00977. The van der Waals surface area contributed by atoms with Crippen LogP contribution in [0.2, 0.25) is 0 Å². The summed E-state index contributed by atoms with van der Waals surface area (Å²) in [7, 11) is 1.35. The molecule has 0 atom stereocenters. The van der Waals surface area contributed by atoms with E-state index in [1.54, 1.807) is 0 Å². The highest BCUT2D eigenvalue weighted by Crippen LogP contribution is 2.36. The van der Waals surface area contributed by atoms with E-state index in [2.05, 4.69) is 0 Å². The summed E-state index contributed by atoms with van der Waals surface area (Å²) >= 11 is 0. The van der Waals surface area contributed by atoms with Crippen molar-refractivity contribution in [1.82, 2.24) is 0 Å². The van der Waals surface area contributed by atoms with E-state index in [4.69, 9.17) is 9.47 Å². The van der Waals surface area contributed by atoms with Gasteiger partial charge in [-0.15, -0.1) is 0 Å². The molecule has 0 aliphatic carbocycles. The molecule has 3 nitrogen and oxygen atoms in total. The Morgan fingerprint density at radius 1 is 1.50 bits per heavy atom. The highest BCUT2D eigenvalue weighted by atomic mass is 19.1. The number of methoxy groups -OCH3 is 1. The molecule has 0 N–H and O–H groups in total. The molecule has 1 aromatic carbocycles. The van der Waals surface area contributed by atoms with Gasteiger partial charge in [0.1, 0.15) is 0 Å². The lowest BCUT2D eigenvalue weighted by atomic mass is 10.0. The Morgan fingerprint density at radius 2 is 2.29 bits per heavy atom. The Morgan fingerprint density at radius 3 is 3.00 bits per heavy atom. The fourth-order valence-corrected chi connectivity index (χ4v) is 1.47. The van der Waals surface area contributed by atoms with Crippen LogP contribution in [-0.4, -0.2) is 19.5 Å². The number of halogens is 1. The Hall–Kier alpha value is -1.58. The summed E-state index contributed by atoms with van der Waals surface area (Å²) in [5, 5.41) is 0. The molecule has 4 heteroatoms. The summed E-state index contributed by atoms with van der Waals surface area (Å²) in [4.78, 5) is 11.4. The van der Waals surface area contributed by atoms with E-state index in [1.165, 1.54) is 19.2 Å². The van der Waals surface area contributed by atoms with Crippen molar-refractivity contribution in [2.75, 3.05) is 13.7 Å². The number of ketones is 1. The minimum atomic E-state index is -0.513. The highest BCUT2D eigenvalue weighted by molar-refractivity contribution is 6.00. The van der Waals surface area contributed by atoms with Crippen LogP contribution in [0.1, 0.15) is 16.8 Å². The van der Waals surface area contributed by atoms with Crippen molar-refractivity contribution in [2.24, 2.45) is 0 Å². The van der Waals surface area contributed by atoms with E-state index in [0.717, 1.165) is 0 Å². The van der Waals surface area contributed by atoms with Crippen molar-refractivity contribution in [3.05, 3.63) is 23.5 Å². The molecule has 1 aliphatic rings. The van der Waals surface area contributed by atoms with Gasteiger partial charge in [-0.25, -0.2) is 4.39 Å². The average molecular weight is 196 g/mol. The van der Waals surface area contributed by atoms with Crippen LogP contribution in [0.4, 0.5) is 4.39 Å². The van der Waals surface area contributed by atoms with E-state index in [0.29, 0.717) is 12.0 Å². The van der Waals surface area contributed by atoms with Crippen LogP contribution in [0, 0.1) is 5.82 Å². The average Bonchev–Trinajstić information content (AvgIpc) is 2.18. The SMILES string of the molecule is COc1c(F)ccc2c1OCCC2=O. The topological polar surface area (TPSA) is 35.5 Å². The van der Waals surface area contributed by atoms with Crippen LogP contribution >= 0.6 is 0 Å². The number of carbonyl (C=O) groups is 1. The van der Waals surface area contributed by atoms with Crippen molar-refractivity contribution in [1.29, 1.82) is 0 Å². The summed E-state index contributed by atoms with van der Waals surface area (Å²) in [6, 6.07) is 2.64. The first-order chi connectivity index (χ1) is 6.74. The van der Waals surface area contributed by atoms with Gasteiger partial charge >= 0.3 is 0 Å². The van der Waals surface area contributed by atoms with Gasteiger partial charge < -0.3 is 9.47 Å². The van der Waals surface area contributed by atoms with Crippen molar-refractivity contribution in [3.8, 4) is 11.5 Å². The standard InChI is InChI=1S/C10H9FO3/c1-13-10-7(11)3-2-6-8(12)4-5-14-9(6)10/h2-3H,4-5H2,1H3. The van der Waals surface area contributed by atoms with Crippen LogP contribution in [0.5, 0.6) is 11.5 Å². The zero-order valence-corrected chi connectivity index (χ0v) is 7.67. The third-order valence-electron chi connectivity index (χ3n) is 2.14. The van der Waals surface area contributed by atoms with Crippen LogP contribution < -0.4 is 9.47 Å². The Kier molecular flexibility index (Phi) is 2.11. The molecule has 1 aromatic rings. The Bertz CT molecular complexity index is 387. The maximum absolute atomic E-state index is 13.2. The smallest absolute Gasteiger partial charge is 0.197 e. The van der Waals surface area contributed by atoms with Gasteiger partial charge in [0.2, 0.25) is 0 Å². The molecular formula is C10H9FO3. The van der Waals surface area contributed by atoms with Crippen LogP contribution in [0.3, 0.4) is 0 Å². The number of ether oxygens (including phenoxy) is 2. The molecule has 0 saturated heterocycles. The Labute approximate surface area is 80.4 Å². The van der Waals surface area contributed by atoms with Gasteiger partial charge in [-0.2, -0.15) is 0 Å². The zero-order valence-electron chi connectivity index (χ0n) is 7.67. The monoisotopic (exact) mass is 196 g/mol. The van der Waals surface area contributed by atoms with Gasteiger partial charge in [0.25, 0.3) is 0 Å². The predicted molar refractivity (Wildman–Crippen MR) is 47.4 cm³/mol. The molecule has 0 radical (unpaired) electrons. The Balaban J connectivity index is 2.61. The second kappa shape index (κ2) is 3.29. The lowest BCUT2D eigenvalue weighted by molar-refractivity contribution is 0.0929. The molecule has 0 fully saturated rings. The summed E-state index contributed by atoms with van der Waals surface area (Å²) in [6.07, 6.45) is 0.335.